The van der Waals surface area contributed by atoms with E-state index in [0.717, 1.165) is 11.1 Å². The third-order valence-electron chi connectivity index (χ3n) is 2.91. The Labute approximate surface area is 118 Å². The maximum absolute atomic E-state index is 11.8. The minimum absolute atomic E-state index is 0.0352. The molecule has 0 aliphatic heterocycles. The van der Waals surface area contributed by atoms with Crippen LogP contribution in [0, 0.1) is 0 Å². The van der Waals surface area contributed by atoms with Crippen LogP contribution >= 0.6 is 0 Å². The highest BCUT2D eigenvalue weighted by Gasteiger charge is 2.17. The molecular weight excluding hydrogens is 252 g/mol. The summed E-state index contributed by atoms with van der Waals surface area (Å²) < 4.78 is 5.18. The topological polar surface area (TPSA) is 52.1 Å². The van der Waals surface area contributed by atoms with E-state index < -0.39 is 5.97 Å². The van der Waals surface area contributed by atoms with Crippen molar-refractivity contribution in [2.24, 2.45) is 0 Å². The largest absolute Gasteiger partial charge is 0.455 e. The first kappa shape index (κ1) is 14.2. The quantitative estimate of drug-likeness (QED) is 0.804. The highest BCUT2D eigenvalue weighted by atomic mass is 16.5. The van der Waals surface area contributed by atoms with E-state index in [1.807, 2.05) is 30.3 Å². The van der Waals surface area contributed by atoms with Gasteiger partial charge in [0, 0.05) is 12.4 Å². The predicted molar refractivity (Wildman–Crippen MR) is 76.3 cm³/mol. The number of hydrogen-bond donors (Lipinski definition) is 0. The molecule has 20 heavy (non-hydrogen) atoms. The van der Waals surface area contributed by atoms with Gasteiger partial charge >= 0.3 is 5.97 Å². The summed E-state index contributed by atoms with van der Waals surface area (Å²) in [5.74, 6) is -0.414. The lowest BCUT2D eigenvalue weighted by Crippen LogP contribution is -2.15. The van der Waals surface area contributed by atoms with Crippen molar-refractivity contribution in [2.45, 2.75) is 32.8 Å². The molecule has 0 spiro atoms. The van der Waals surface area contributed by atoms with Gasteiger partial charge in [-0.1, -0.05) is 51.1 Å². The van der Waals surface area contributed by atoms with Crippen LogP contribution in [-0.2, 0) is 16.8 Å². The van der Waals surface area contributed by atoms with Gasteiger partial charge in [0.2, 0.25) is 5.82 Å². The molecule has 1 heterocycles. The Balaban J connectivity index is 1.99. The minimum Gasteiger partial charge on any atom is -0.455 e. The van der Waals surface area contributed by atoms with Crippen LogP contribution in [0.25, 0.3) is 0 Å². The summed E-state index contributed by atoms with van der Waals surface area (Å²) in [6.45, 7) is 6.43. The summed E-state index contributed by atoms with van der Waals surface area (Å²) in [6, 6.07) is 9.52. The fourth-order valence-electron chi connectivity index (χ4n) is 1.61. The standard InChI is InChI=1S/C16H18N2O2/c1-16(2,3)13-9-17-14(18-10-13)15(19)20-11-12-7-5-4-6-8-12/h4-10H,11H2,1-3H3. The van der Waals surface area contributed by atoms with E-state index in [2.05, 4.69) is 30.7 Å². The summed E-state index contributed by atoms with van der Waals surface area (Å²) in [5.41, 5.74) is 1.89. The van der Waals surface area contributed by atoms with Crippen LogP contribution in [-0.4, -0.2) is 15.9 Å². The Kier molecular flexibility index (Phi) is 4.13. The Morgan fingerprint density at radius 1 is 1.10 bits per heavy atom. The monoisotopic (exact) mass is 270 g/mol. The van der Waals surface area contributed by atoms with Crippen LogP contribution in [0.15, 0.2) is 42.7 Å². The van der Waals surface area contributed by atoms with Gasteiger partial charge in [0.1, 0.15) is 6.61 Å². The third-order valence-corrected chi connectivity index (χ3v) is 2.91. The molecule has 0 N–H and O–H groups in total. The molecule has 0 radical (unpaired) electrons. The number of rotatable bonds is 3. The van der Waals surface area contributed by atoms with Gasteiger partial charge in [-0.2, -0.15) is 0 Å². The maximum Gasteiger partial charge on any atom is 0.376 e. The summed E-state index contributed by atoms with van der Waals surface area (Å²) in [5, 5.41) is 0. The molecule has 0 aliphatic carbocycles. The fourth-order valence-corrected chi connectivity index (χ4v) is 1.61. The molecule has 1 aromatic carbocycles. The smallest absolute Gasteiger partial charge is 0.376 e. The lowest BCUT2D eigenvalue weighted by Gasteiger charge is -2.17. The van der Waals surface area contributed by atoms with Crippen molar-refractivity contribution in [3.8, 4) is 0 Å². The molecular formula is C16H18N2O2. The summed E-state index contributed by atoms with van der Waals surface area (Å²) >= 11 is 0. The lowest BCUT2D eigenvalue weighted by molar-refractivity contribution is 0.0458. The molecule has 4 nitrogen and oxygen atoms in total. The zero-order valence-electron chi connectivity index (χ0n) is 12.0. The highest BCUT2D eigenvalue weighted by molar-refractivity contribution is 5.84. The lowest BCUT2D eigenvalue weighted by atomic mass is 9.89. The van der Waals surface area contributed by atoms with Gasteiger partial charge in [0.25, 0.3) is 0 Å². The molecule has 4 heteroatoms. The first-order valence-electron chi connectivity index (χ1n) is 6.50. The summed E-state index contributed by atoms with van der Waals surface area (Å²) in [7, 11) is 0. The number of esters is 1. The third kappa shape index (κ3) is 3.63. The zero-order valence-corrected chi connectivity index (χ0v) is 12.0. The van der Waals surface area contributed by atoms with Crippen LogP contribution in [0.4, 0.5) is 0 Å². The zero-order chi connectivity index (χ0) is 14.6. The number of aromatic nitrogens is 2. The molecule has 0 amide bonds. The van der Waals surface area contributed by atoms with Gasteiger partial charge in [-0.3, -0.25) is 0 Å². The van der Waals surface area contributed by atoms with Crippen molar-refractivity contribution in [1.29, 1.82) is 0 Å². The van der Waals surface area contributed by atoms with Crippen LogP contribution in [0.1, 0.15) is 42.5 Å². The fraction of sp³-hybridized carbons (Fsp3) is 0.312. The molecule has 104 valence electrons. The van der Waals surface area contributed by atoms with E-state index in [1.54, 1.807) is 12.4 Å². The number of hydrogen-bond acceptors (Lipinski definition) is 4. The minimum atomic E-state index is -0.505. The van der Waals surface area contributed by atoms with Gasteiger partial charge in [-0.25, -0.2) is 14.8 Å². The highest BCUT2D eigenvalue weighted by Crippen LogP contribution is 2.20. The second-order valence-electron chi connectivity index (χ2n) is 5.61. The van der Waals surface area contributed by atoms with Crippen molar-refractivity contribution in [3.05, 3.63) is 59.7 Å². The molecule has 0 saturated carbocycles. The second-order valence-corrected chi connectivity index (χ2v) is 5.61. The molecule has 0 unspecified atom stereocenters. The average molecular weight is 270 g/mol. The first-order chi connectivity index (χ1) is 9.47. The van der Waals surface area contributed by atoms with Gasteiger partial charge in [0.05, 0.1) is 0 Å². The number of benzene rings is 1. The molecule has 2 rings (SSSR count). The van der Waals surface area contributed by atoms with Crippen LogP contribution in [0.3, 0.4) is 0 Å². The van der Waals surface area contributed by atoms with Crippen LogP contribution < -0.4 is 0 Å². The van der Waals surface area contributed by atoms with E-state index in [9.17, 15) is 4.79 Å². The number of carbonyl (C=O) groups excluding carboxylic acids is 1. The molecule has 0 bridgehead atoms. The van der Waals surface area contributed by atoms with Crippen LogP contribution in [0.5, 0.6) is 0 Å². The maximum atomic E-state index is 11.8. The van der Waals surface area contributed by atoms with Gasteiger partial charge < -0.3 is 4.74 Å². The molecule has 0 aliphatic rings. The average Bonchev–Trinajstić information content (AvgIpc) is 2.45. The van der Waals surface area contributed by atoms with Gasteiger partial charge in [0.15, 0.2) is 0 Å². The number of ether oxygens (including phenoxy) is 1. The van der Waals surface area contributed by atoms with Crippen molar-refractivity contribution < 1.29 is 9.53 Å². The molecule has 0 fully saturated rings. The Morgan fingerprint density at radius 3 is 2.25 bits per heavy atom. The molecule has 1 aromatic heterocycles. The molecule has 2 aromatic rings. The van der Waals surface area contributed by atoms with E-state index in [4.69, 9.17) is 4.74 Å². The normalized spacial score (nSPS) is 11.2. The van der Waals surface area contributed by atoms with E-state index in [-0.39, 0.29) is 17.8 Å². The summed E-state index contributed by atoms with van der Waals surface area (Å²) in [4.78, 5) is 20.0. The van der Waals surface area contributed by atoms with Gasteiger partial charge in [-0.15, -0.1) is 0 Å². The number of nitrogens with zero attached hydrogens (tertiary/aromatic N) is 2. The van der Waals surface area contributed by atoms with Crippen LogP contribution in [0.2, 0.25) is 0 Å². The Hall–Kier alpha value is -2.23. The predicted octanol–water partition coefficient (Wildman–Crippen LogP) is 3.13. The van der Waals surface area contributed by atoms with E-state index in [1.165, 1.54) is 0 Å². The SMILES string of the molecule is CC(C)(C)c1cnc(C(=O)OCc2ccccc2)nc1. The summed E-state index contributed by atoms with van der Waals surface area (Å²) in [6.07, 6.45) is 3.35. The Morgan fingerprint density at radius 2 is 1.70 bits per heavy atom. The molecule has 0 atom stereocenters. The van der Waals surface area contributed by atoms with Crippen molar-refractivity contribution in [3.63, 3.8) is 0 Å². The van der Waals surface area contributed by atoms with Crippen molar-refractivity contribution in [1.82, 2.24) is 9.97 Å². The Bertz CT molecular complexity index is 572. The first-order valence-corrected chi connectivity index (χ1v) is 6.50. The number of carbonyl (C=O) groups is 1. The van der Waals surface area contributed by atoms with E-state index in [0.29, 0.717) is 0 Å². The second kappa shape index (κ2) is 5.82. The van der Waals surface area contributed by atoms with Crippen molar-refractivity contribution >= 4 is 5.97 Å². The van der Waals surface area contributed by atoms with E-state index >= 15 is 0 Å². The molecule has 0 saturated heterocycles. The van der Waals surface area contributed by atoms with Gasteiger partial charge in [-0.05, 0) is 16.5 Å². The van der Waals surface area contributed by atoms with Crippen molar-refractivity contribution in [2.75, 3.05) is 0 Å².